The number of allylic oxidation sites excluding steroid dienone is 1. The molecule has 10 N–H and O–H groups in total. The van der Waals surface area contributed by atoms with Crippen LogP contribution >= 0.6 is 0 Å². The SMILES string of the molecule is CCNNC(C)/C=C/C(C)Nc1cc(C(=O)NC)cc2c1NC/C=C/CN1c3c(cc(CO)cc3OCCCO2)NC1NCC(=O)/C(=C/C(C)CC)NNC. The smallest absolute Gasteiger partial charge is 0.251 e. The van der Waals surface area contributed by atoms with Gasteiger partial charge in [0, 0.05) is 57.8 Å². The van der Waals surface area contributed by atoms with E-state index < -0.39 is 6.29 Å². The molecule has 2 aliphatic rings. The number of aliphatic hydroxyl groups is 1. The number of hydrazine groups is 2. The number of rotatable bonds is 17. The number of nitrogens with zero attached hydrogens (tertiary/aromatic N) is 1. The van der Waals surface area contributed by atoms with Gasteiger partial charge in [-0.2, -0.15) is 0 Å². The molecule has 0 bridgehead atoms. The third-order valence-corrected chi connectivity index (χ3v) is 9.16. The van der Waals surface area contributed by atoms with Gasteiger partial charge in [0.05, 0.1) is 43.4 Å². The van der Waals surface area contributed by atoms with Crippen molar-refractivity contribution in [1.82, 2.24) is 32.3 Å². The standard InChI is InChI=1S/C40H62N10O5/c1-8-26(3)19-31(49-42-7)34(52)24-44-40-47-33-20-29(25-51)21-36-38(33)50(40)16-11-10-15-43-37-32(46-27(4)13-14-28(5)48-45-9-2)22-30(39(53)41-6)23-35(37)54-17-12-18-55-36/h10-11,13-14,19-23,26-28,40,42-49,51H,8-9,12,15-18,24-25H2,1-7H3,(H,41,53)/b11-10+,14-13+,31-19-. The van der Waals surface area contributed by atoms with Crippen LogP contribution in [-0.2, 0) is 11.4 Å². The Morgan fingerprint density at radius 3 is 2.49 bits per heavy atom. The first kappa shape index (κ1) is 42.9. The Kier molecular flexibility index (Phi) is 17.1. The van der Waals surface area contributed by atoms with Crippen molar-refractivity contribution in [2.24, 2.45) is 5.92 Å². The molecule has 2 aliphatic heterocycles. The number of ether oxygens (including phenoxy) is 2. The van der Waals surface area contributed by atoms with Crippen molar-refractivity contribution in [3.8, 4) is 11.5 Å². The zero-order valence-electron chi connectivity index (χ0n) is 33.4. The third-order valence-electron chi connectivity index (χ3n) is 9.16. The Balaban J connectivity index is 1.61. The summed E-state index contributed by atoms with van der Waals surface area (Å²) in [5, 5.41) is 26.8. The Labute approximate surface area is 326 Å². The molecule has 0 saturated heterocycles. The summed E-state index contributed by atoms with van der Waals surface area (Å²) in [5.74, 6) is 1.10. The first-order valence-electron chi connectivity index (χ1n) is 19.3. The van der Waals surface area contributed by atoms with Crippen molar-refractivity contribution in [3.63, 3.8) is 0 Å². The summed E-state index contributed by atoms with van der Waals surface area (Å²) in [5.41, 5.74) is 17.0. The summed E-state index contributed by atoms with van der Waals surface area (Å²) in [6.07, 6.45) is 11.2. The Bertz CT molecular complexity index is 1670. The first-order chi connectivity index (χ1) is 26.6. The molecule has 0 saturated carbocycles. The lowest BCUT2D eigenvalue weighted by Crippen LogP contribution is -2.50. The van der Waals surface area contributed by atoms with Crippen molar-refractivity contribution >= 4 is 34.4 Å². The van der Waals surface area contributed by atoms with E-state index >= 15 is 0 Å². The largest absolute Gasteiger partial charge is 0.491 e. The van der Waals surface area contributed by atoms with Gasteiger partial charge in [-0.1, -0.05) is 57.6 Å². The lowest BCUT2D eigenvalue weighted by molar-refractivity contribution is -0.115. The van der Waals surface area contributed by atoms with E-state index in [0.29, 0.717) is 61.0 Å². The molecule has 4 rings (SSSR count). The molecule has 0 aliphatic carbocycles. The second kappa shape index (κ2) is 21.9. The van der Waals surface area contributed by atoms with Gasteiger partial charge in [-0.3, -0.25) is 25.8 Å². The highest BCUT2D eigenvalue weighted by Crippen LogP contribution is 2.43. The fourth-order valence-electron chi connectivity index (χ4n) is 6.11. The molecule has 0 radical (unpaired) electrons. The molecule has 4 atom stereocenters. The van der Waals surface area contributed by atoms with E-state index in [0.717, 1.165) is 35.7 Å². The van der Waals surface area contributed by atoms with Crippen LogP contribution in [-0.4, -0.2) is 88.7 Å². The van der Waals surface area contributed by atoms with Gasteiger partial charge in [0.1, 0.15) is 22.9 Å². The fourth-order valence-corrected chi connectivity index (χ4v) is 6.11. The minimum atomic E-state index is -0.434. The molecule has 2 heterocycles. The Morgan fingerprint density at radius 1 is 1.02 bits per heavy atom. The molecule has 15 heteroatoms. The predicted molar refractivity (Wildman–Crippen MR) is 221 cm³/mol. The van der Waals surface area contributed by atoms with Crippen LogP contribution in [0, 0.1) is 5.92 Å². The highest BCUT2D eigenvalue weighted by Gasteiger charge is 2.32. The van der Waals surface area contributed by atoms with Crippen LogP contribution in [0.15, 0.2) is 60.3 Å². The van der Waals surface area contributed by atoms with Crippen molar-refractivity contribution in [3.05, 3.63) is 71.5 Å². The van der Waals surface area contributed by atoms with E-state index in [1.54, 1.807) is 20.2 Å². The normalized spacial score (nSPS) is 18.1. The van der Waals surface area contributed by atoms with Crippen LogP contribution in [0.25, 0.3) is 0 Å². The van der Waals surface area contributed by atoms with Crippen LogP contribution in [0.3, 0.4) is 0 Å². The number of carbonyl (C=O) groups is 2. The molecule has 0 aromatic heterocycles. The first-order valence-corrected chi connectivity index (χ1v) is 19.3. The van der Waals surface area contributed by atoms with Gasteiger partial charge < -0.3 is 46.2 Å². The number of hydrogen-bond donors (Lipinski definition) is 10. The zero-order valence-corrected chi connectivity index (χ0v) is 33.4. The Hall–Kier alpha value is -4.80. The molecule has 1 amide bonds. The maximum Gasteiger partial charge on any atom is 0.251 e. The highest BCUT2D eigenvalue weighted by atomic mass is 16.5. The van der Waals surface area contributed by atoms with Crippen LogP contribution in [0.4, 0.5) is 22.7 Å². The number of ketones is 1. The molecule has 55 heavy (non-hydrogen) atoms. The summed E-state index contributed by atoms with van der Waals surface area (Å²) >= 11 is 0. The number of Topliss-reactive ketones (excluding diaryl/α,β-unsaturated/α-hetero) is 1. The van der Waals surface area contributed by atoms with Crippen molar-refractivity contribution in [2.75, 3.05) is 74.3 Å². The number of fused-ring (bicyclic) bond motifs is 1. The molecular weight excluding hydrogens is 701 g/mol. The van der Waals surface area contributed by atoms with Crippen LogP contribution in [0.1, 0.15) is 63.4 Å². The van der Waals surface area contributed by atoms with E-state index in [4.69, 9.17) is 9.47 Å². The fraction of sp³-hybridized carbons (Fsp3) is 0.500. The van der Waals surface area contributed by atoms with Crippen molar-refractivity contribution in [1.29, 1.82) is 0 Å². The number of aliphatic hydroxyl groups excluding tert-OH is 1. The van der Waals surface area contributed by atoms with Gasteiger partial charge in [0.2, 0.25) is 0 Å². The molecular formula is C40H62N10O5. The maximum absolute atomic E-state index is 13.4. The molecule has 2 aromatic carbocycles. The number of carbonyl (C=O) groups excluding carboxylic acids is 2. The maximum atomic E-state index is 13.4. The number of hydrogen-bond acceptors (Lipinski definition) is 14. The summed E-state index contributed by atoms with van der Waals surface area (Å²) < 4.78 is 12.7. The summed E-state index contributed by atoms with van der Waals surface area (Å²) in [6, 6.07) is 7.40. The summed E-state index contributed by atoms with van der Waals surface area (Å²) in [6.45, 7) is 12.7. The molecule has 0 spiro atoms. The van der Waals surface area contributed by atoms with Gasteiger partial charge in [0.15, 0.2) is 12.1 Å². The molecule has 302 valence electrons. The van der Waals surface area contributed by atoms with Crippen LogP contribution in [0.5, 0.6) is 11.5 Å². The average molecular weight is 763 g/mol. The average Bonchev–Trinajstić information content (AvgIpc) is 3.54. The lowest BCUT2D eigenvalue weighted by atomic mass is 10.1. The number of amides is 1. The molecule has 2 aromatic rings. The summed E-state index contributed by atoms with van der Waals surface area (Å²) in [4.78, 5) is 28.4. The molecule has 0 fully saturated rings. The second-order valence-electron chi connectivity index (χ2n) is 13.7. The third kappa shape index (κ3) is 12.4. The molecule has 15 nitrogen and oxygen atoms in total. The van der Waals surface area contributed by atoms with Gasteiger partial charge in [-0.05, 0) is 49.6 Å². The van der Waals surface area contributed by atoms with E-state index in [1.807, 2.05) is 37.3 Å². The second-order valence-corrected chi connectivity index (χ2v) is 13.7. The van der Waals surface area contributed by atoms with Crippen LogP contribution < -0.4 is 62.7 Å². The van der Waals surface area contributed by atoms with Gasteiger partial charge >= 0.3 is 0 Å². The quantitative estimate of drug-likeness (QED) is 0.0642. The molecule has 4 unspecified atom stereocenters. The number of nitrogens with one attached hydrogen (secondary N) is 9. The monoisotopic (exact) mass is 762 g/mol. The van der Waals surface area contributed by atoms with Gasteiger partial charge in [0.25, 0.3) is 5.91 Å². The van der Waals surface area contributed by atoms with Crippen LogP contribution in [0.2, 0.25) is 0 Å². The van der Waals surface area contributed by atoms with Gasteiger partial charge in [-0.25, -0.2) is 5.43 Å². The number of benzene rings is 2. The van der Waals surface area contributed by atoms with E-state index in [9.17, 15) is 14.7 Å². The Morgan fingerprint density at radius 2 is 1.78 bits per heavy atom. The predicted octanol–water partition coefficient (Wildman–Crippen LogP) is 3.56. The lowest BCUT2D eigenvalue weighted by Gasteiger charge is -2.27. The highest BCUT2D eigenvalue weighted by molar-refractivity contribution is 5.98. The van der Waals surface area contributed by atoms with E-state index in [2.05, 4.69) is 99.1 Å². The minimum Gasteiger partial charge on any atom is -0.491 e. The minimum absolute atomic E-state index is 0.0663. The van der Waals surface area contributed by atoms with E-state index in [-0.39, 0.29) is 42.8 Å². The van der Waals surface area contributed by atoms with E-state index in [1.165, 1.54) is 0 Å². The number of anilines is 4. The van der Waals surface area contributed by atoms with Crippen molar-refractivity contribution < 1.29 is 24.2 Å². The van der Waals surface area contributed by atoms with Crippen molar-refractivity contribution in [2.45, 2.75) is 72.4 Å². The topological polar surface area (TPSA) is 184 Å². The summed E-state index contributed by atoms with van der Waals surface area (Å²) in [7, 11) is 3.34. The van der Waals surface area contributed by atoms with Gasteiger partial charge in [-0.15, -0.1) is 0 Å². The zero-order chi connectivity index (χ0) is 39.7.